The quantitative estimate of drug-likeness (QED) is 0.668. The average molecular weight is 331 g/mol. The van der Waals surface area contributed by atoms with E-state index in [0.717, 1.165) is 22.2 Å². The van der Waals surface area contributed by atoms with Crippen molar-refractivity contribution in [2.75, 3.05) is 0 Å². The van der Waals surface area contributed by atoms with Crippen LogP contribution in [0.15, 0.2) is 64.2 Å². The van der Waals surface area contributed by atoms with Gasteiger partial charge >= 0.3 is 0 Å². The molecule has 1 amide bonds. The average Bonchev–Trinajstić information content (AvgIpc) is 2.49. The summed E-state index contributed by atoms with van der Waals surface area (Å²) < 4.78 is 0.868. The van der Waals surface area contributed by atoms with E-state index in [1.54, 1.807) is 12.1 Å². The second kappa shape index (κ2) is 7.01. The van der Waals surface area contributed by atoms with Crippen molar-refractivity contribution in [3.63, 3.8) is 0 Å². The summed E-state index contributed by atoms with van der Waals surface area (Å²) in [6.07, 6.45) is 0.753. The zero-order chi connectivity index (χ0) is 14.4. The molecule has 0 saturated carbocycles. The summed E-state index contributed by atoms with van der Waals surface area (Å²) in [5.41, 5.74) is 5.05. The summed E-state index contributed by atoms with van der Waals surface area (Å²) in [5, 5.41) is 4.22. The molecule has 0 aliphatic heterocycles. The van der Waals surface area contributed by atoms with Crippen molar-refractivity contribution in [1.29, 1.82) is 0 Å². The Balaban J connectivity index is 2.13. The van der Waals surface area contributed by atoms with Gasteiger partial charge in [0.2, 0.25) is 0 Å². The van der Waals surface area contributed by atoms with Gasteiger partial charge in [0.05, 0.1) is 5.71 Å². The third-order valence-corrected chi connectivity index (χ3v) is 3.31. The minimum atomic E-state index is -0.215. The van der Waals surface area contributed by atoms with Crippen LogP contribution in [-0.2, 0) is 0 Å². The van der Waals surface area contributed by atoms with Gasteiger partial charge in [-0.05, 0) is 30.2 Å². The Hall–Kier alpha value is -1.94. The van der Waals surface area contributed by atoms with E-state index < -0.39 is 0 Å². The molecule has 0 unspecified atom stereocenters. The van der Waals surface area contributed by atoms with Crippen LogP contribution < -0.4 is 5.43 Å². The topological polar surface area (TPSA) is 41.5 Å². The maximum atomic E-state index is 12.0. The third kappa shape index (κ3) is 3.78. The molecule has 0 spiro atoms. The van der Waals surface area contributed by atoms with Crippen LogP contribution >= 0.6 is 15.9 Å². The van der Waals surface area contributed by atoms with E-state index >= 15 is 0 Å². The van der Waals surface area contributed by atoms with Gasteiger partial charge in [-0.2, -0.15) is 5.10 Å². The fourth-order valence-electron chi connectivity index (χ4n) is 1.79. The van der Waals surface area contributed by atoms with Crippen molar-refractivity contribution in [2.24, 2.45) is 5.10 Å². The van der Waals surface area contributed by atoms with Crippen LogP contribution in [0.5, 0.6) is 0 Å². The Kier molecular flexibility index (Phi) is 5.07. The number of rotatable bonds is 4. The Morgan fingerprint density at radius 2 is 1.80 bits per heavy atom. The van der Waals surface area contributed by atoms with Crippen LogP contribution in [-0.4, -0.2) is 11.6 Å². The Bertz CT molecular complexity index is 623. The summed E-state index contributed by atoms with van der Waals surface area (Å²) >= 11 is 3.35. The lowest BCUT2D eigenvalue weighted by Gasteiger charge is -2.05. The molecule has 0 aromatic heterocycles. The Labute approximate surface area is 126 Å². The molecule has 20 heavy (non-hydrogen) atoms. The van der Waals surface area contributed by atoms with Gasteiger partial charge in [0, 0.05) is 10.0 Å². The van der Waals surface area contributed by atoms with Crippen LogP contribution in [0.2, 0.25) is 0 Å². The lowest BCUT2D eigenvalue weighted by Crippen LogP contribution is -2.19. The number of hydrogen-bond acceptors (Lipinski definition) is 2. The van der Waals surface area contributed by atoms with Crippen molar-refractivity contribution in [2.45, 2.75) is 13.3 Å². The van der Waals surface area contributed by atoms with Crippen molar-refractivity contribution < 1.29 is 4.79 Å². The second-order valence-electron chi connectivity index (χ2n) is 4.23. The molecule has 1 N–H and O–H groups in total. The first kappa shape index (κ1) is 14.5. The first-order valence-corrected chi connectivity index (χ1v) is 7.18. The summed E-state index contributed by atoms with van der Waals surface area (Å²) in [4.78, 5) is 12.0. The van der Waals surface area contributed by atoms with E-state index in [2.05, 4.69) is 26.5 Å². The monoisotopic (exact) mass is 330 g/mol. The molecule has 0 saturated heterocycles. The van der Waals surface area contributed by atoms with Crippen molar-refractivity contribution in [3.8, 4) is 0 Å². The summed E-state index contributed by atoms with van der Waals surface area (Å²) in [5.74, 6) is -0.215. The number of nitrogens with one attached hydrogen (secondary N) is 1. The number of halogens is 1. The van der Waals surface area contributed by atoms with Crippen LogP contribution in [0.3, 0.4) is 0 Å². The van der Waals surface area contributed by atoms with Gasteiger partial charge in [-0.15, -0.1) is 0 Å². The normalized spacial score (nSPS) is 11.2. The number of benzene rings is 2. The second-order valence-corrected chi connectivity index (χ2v) is 5.15. The largest absolute Gasteiger partial charge is 0.271 e. The van der Waals surface area contributed by atoms with Gasteiger partial charge in [0.15, 0.2) is 0 Å². The molecule has 0 atom stereocenters. The standard InChI is InChI=1S/C16H15BrN2O/c1-2-15(12-7-4-3-5-8-12)18-19-16(20)13-9-6-10-14(17)11-13/h3-11H,2H2,1H3,(H,19,20)/b18-15-. The van der Waals surface area contributed by atoms with Crippen LogP contribution in [0.25, 0.3) is 0 Å². The number of hydrogen-bond donors (Lipinski definition) is 1. The van der Waals surface area contributed by atoms with Gasteiger partial charge in [0.25, 0.3) is 5.91 Å². The van der Waals surface area contributed by atoms with Crippen molar-refractivity contribution in [1.82, 2.24) is 5.43 Å². The minimum Gasteiger partial charge on any atom is -0.267 e. The Morgan fingerprint density at radius 1 is 1.10 bits per heavy atom. The number of amides is 1. The van der Waals surface area contributed by atoms with E-state index in [4.69, 9.17) is 0 Å². The smallest absolute Gasteiger partial charge is 0.267 e. The third-order valence-electron chi connectivity index (χ3n) is 2.82. The lowest BCUT2D eigenvalue weighted by atomic mass is 10.1. The first-order valence-electron chi connectivity index (χ1n) is 6.38. The molecular formula is C16H15BrN2O. The maximum Gasteiger partial charge on any atom is 0.271 e. The van der Waals surface area contributed by atoms with E-state index in [1.807, 2.05) is 49.4 Å². The molecule has 0 heterocycles. The van der Waals surface area contributed by atoms with Crippen LogP contribution in [0, 0.1) is 0 Å². The SMILES string of the molecule is CC/C(=N/NC(=O)c1cccc(Br)c1)c1ccccc1. The van der Waals surface area contributed by atoms with Gasteiger partial charge in [0.1, 0.15) is 0 Å². The predicted molar refractivity (Wildman–Crippen MR) is 84.9 cm³/mol. The molecule has 2 aromatic rings. The summed E-state index contributed by atoms with van der Waals surface area (Å²) in [7, 11) is 0. The number of carbonyl (C=O) groups excluding carboxylic acids is 1. The molecule has 0 bridgehead atoms. The fourth-order valence-corrected chi connectivity index (χ4v) is 2.19. The van der Waals surface area contributed by atoms with Crippen LogP contribution in [0.1, 0.15) is 29.3 Å². The van der Waals surface area contributed by atoms with Crippen LogP contribution in [0.4, 0.5) is 0 Å². The van der Waals surface area contributed by atoms with Crippen molar-refractivity contribution in [3.05, 3.63) is 70.2 Å². The molecule has 2 rings (SSSR count). The molecule has 0 aliphatic rings. The van der Waals surface area contributed by atoms with E-state index in [9.17, 15) is 4.79 Å². The van der Waals surface area contributed by atoms with E-state index in [0.29, 0.717) is 5.56 Å². The highest BCUT2D eigenvalue weighted by Gasteiger charge is 2.06. The Morgan fingerprint density at radius 3 is 2.45 bits per heavy atom. The van der Waals surface area contributed by atoms with Gasteiger partial charge in [-0.1, -0.05) is 59.3 Å². The van der Waals surface area contributed by atoms with E-state index in [1.165, 1.54) is 0 Å². The van der Waals surface area contributed by atoms with Gasteiger partial charge < -0.3 is 0 Å². The molecule has 0 aliphatic carbocycles. The van der Waals surface area contributed by atoms with Crippen molar-refractivity contribution >= 4 is 27.5 Å². The summed E-state index contributed by atoms with van der Waals surface area (Å²) in [6.45, 7) is 2.01. The molecule has 4 heteroatoms. The number of carbonyl (C=O) groups is 1. The zero-order valence-corrected chi connectivity index (χ0v) is 12.7. The number of nitrogens with zero attached hydrogens (tertiary/aromatic N) is 1. The number of hydrazone groups is 1. The predicted octanol–water partition coefficient (Wildman–Crippen LogP) is 3.99. The fraction of sp³-hybridized carbons (Fsp3) is 0.125. The minimum absolute atomic E-state index is 0.215. The van der Waals surface area contributed by atoms with Gasteiger partial charge in [-0.25, -0.2) is 5.43 Å². The molecule has 3 nitrogen and oxygen atoms in total. The summed E-state index contributed by atoms with van der Waals surface area (Å²) in [6, 6.07) is 17.0. The molecule has 0 fully saturated rings. The highest BCUT2D eigenvalue weighted by atomic mass is 79.9. The molecule has 2 aromatic carbocycles. The maximum absolute atomic E-state index is 12.0. The molecular weight excluding hydrogens is 316 g/mol. The van der Waals surface area contributed by atoms with Gasteiger partial charge in [-0.3, -0.25) is 4.79 Å². The zero-order valence-electron chi connectivity index (χ0n) is 11.1. The lowest BCUT2D eigenvalue weighted by molar-refractivity contribution is 0.0954. The van der Waals surface area contributed by atoms with E-state index in [-0.39, 0.29) is 5.91 Å². The molecule has 0 radical (unpaired) electrons. The highest BCUT2D eigenvalue weighted by molar-refractivity contribution is 9.10. The molecule has 102 valence electrons. The highest BCUT2D eigenvalue weighted by Crippen LogP contribution is 2.11. The first-order chi connectivity index (χ1) is 9.70.